The topological polar surface area (TPSA) is 41.6 Å². The second kappa shape index (κ2) is 9.01. The first kappa shape index (κ1) is 20.7. The molecule has 2 aliphatic rings. The highest BCUT2D eigenvalue weighted by atomic mass is 35.5. The normalized spacial score (nSPS) is 20.0. The monoisotopic (exact) mass is 414 g/mol. The highest BCUT2D eigenvalue weighted by molar-refractivity contribution is 7.95. The van der Waals surface area contributed by atoms with Gasteiger partial charge in [-0.3, -0.25) is 9.52 Å². The highest BCUT2D eigenvalue weighted by Crippen LogP contribution is 2.48. The molecule has 150 valence electrons. The molecule has 1 amide bonds. The molecule has 0 aromatic heterocycles. The van der Waals surface area contributed by atoms with Gasteiger partial charge in [-0.1, -0.05) is 30.9 Å². The maximum atomic E-state index is 14.4. The lowest BCUT2D eigenvalue weighted by atomic mass is 9.65. The van der Waals surface area contributed by atoms with Gasteiger partial charge in [0.25, 0.3) is 5.91 Å². The number of carbonyl (C=O) groups is 1. The van der Waals surface area contributed by atoms with Gasteiger partial charge in [0.1, 0.15) is 11.6 Å². The molecule has 2 aliphatic carbocycles. The quantitative estimate of drug-likeness (QED) is 0.636. The lowest BCUT2D eigenvalue weighted by Gasteiger charge is -2.42. The van der Waals surface area contributed by atoms with Crippen LogP contribution >= 0.6 is 23.7 Å². The number of halogens is 2. The van der Waals surface area contributed by atoms with Gasteiger partial charge in [0, 0.05) is 18.2 Å². The Morgan fingerprint density at radius 3 is 2.52 bits per heavy atom. The number of carbonyl (C=O) groups excluding carboxylic acids is 1. The zero-order chi connectivity index (χ0) is 19.4. The summed E-state index contributed by atoms with van der Waals surface area (Å²) in [5, 5.41) is 0.273. The summed E-state index contributed by atoms with van der Waals surface area (Å²) in [5.74, 6) is -0.807. The van der Waals surface area contributed by atoms with Crippen molar-refractivity contribution in [2.24, 2.45) is 5.41 Å². The molecule has 0 heterocycles. The van der Waals surface area contributed by atoms with E-state index in [4.69, 9.17) is 16.3 Å². The van der Waals surface area contributed by atoms with Crippen molar-refractivity contribution in [2.75, 3.05) is 14.1 Å². The van der Waals surface area contributed by atoms with E-state index < -0.39 is 11.7 Å². The van der Waals surface area contributed by atoms with Crippen LogP contribution in [0.1, 0.15) is 68.1 Å². The lowest BCUT2D eigenvalue weighted by molar-refractivity contribution is 0.0522. The zero-order valence-corrected chi connectivity index (χ0v) is 17.6. The lowest BCUT2D eigenvalue weighted by Crippen LogP contribution is -2.34. The van der Waals surface area contributed by atoms with E-state index in [0.717, 1.165) is 25.0 Å². The van der Waals surface area contributed by atoms with Crippen LogP contribution in [0.25, 0.3) is 0 Å². The van der Waals surface area contributed by atoms with E-state index >= 15 is 0 Å². The molecule has 4 nitrogen and oxygen atoms in total. The largest absolute Gasteiger partial charge is 0.489 e. The highest BCUT2D eigenvalue weighted by Gasteiger charge is 2.37. The maximum Gasteiger partial charge on any atom is 0.265 e. The minimum Gasteiger partial charge on any atom is -0.489 e. The minimum absolute atomic E-state index is 0.0680. The zero-order valence-electron chi connectivity index (χ0n) is 16.0. The fourth-order valence-electron chi connectivity index (χ4n) is 4.28. The molecule has 27 heavy (non-hydrogen) atoms. The molecular formula is C20H28ClFN2O2S. The van der Waals surface area contributed by atoms with Crippen molar-refractivity contribution in [1.82, 2.24) is 9.03 Å². The first-order valence-corrected chi connectivity index (χ1v) is 10.8. The molecule has 1 aromatic rings. The molecular weight excluding hydrogens is 387 g/mol. The third kappa shape index (κ3) is 5.30. The van der Waals surface area contributed by atoms with Crippen molar-refractivity contribution in [3.8, 4) is 5.75 Å². The second-order valence-electron chi connectivity index (χ2n) is 7.98. The number of nitrogens with zero attached hydrogens (tertiary/aromatic N) is 1. The first-order valence-electron chi connectivity index (χ1n) is 9.69. The van der Waals surface area contributed by atoms with Crippen LogP contribution in [0.4, 0.5) is 4.39 Å². The van der Waals surface area contributed by atoms with Gasteiger partial charge < -0.3 is 4.74 Å². The smallest absolute Gasteiger partial charge is 0.265 e. The fraction of sp³-hybridized carbons (Fsp3) is 0.650. The molecule has 1 aromatic carbocycles. The number of nitrogens with one attached hydrogen (secondary N) is 1. The average Bonchev–Trinajstić information content (AvgIpc) is 2.65. The molecule has 0 unspecified atom stereocenters. The standard InChI is InChI=1S/C20H28ClFN2O2S/c1-24(2)27-23-19(25)15-12-16(21)18(13-17(15)22)26-14-6-10-20(11-7-14)8-4-3-5-9-20/h12-14H,3-11H2,1-2H3,(H,23,25). The Morgan fingerprint density at radius 2 is 1.89 bits per heavy atom. The van der Waals surface area contributed by atoms with Crippen LogP contribution in [0, 0.1) is 11.2 Å². The van der Waals surface area contributed by atoms with Crippen molar-refractivity contribution in [2.45, 2.75) is 63.9 Å². The van der Waals surface area contributed by atoms with Gasteiger partial charge in [-0.2, -0.15) is 0 Å². The van der Waals surface area contributed by atoms with Gasteiger partial charge in [0.15, 0.2) is 0 Å². The second-order valence-corrected chi connectivity index (χ2v) is 9.50. The van der Waals surface area contributed by atoms with Crippen molar-refractivity contribution in [1.29, 1.82) is 0 Å². The van der Waals surface area contributed by atoms with Gasteiger partial charge in [-0.05, 0) is 64.1 Å². The number of hydrogen-bond acceptors (Lipinski definition) is 4. The van der Waals surface area contributed by atoms with Gasteiger partial charge >= 0.3 is 0 Å². The molecule has 2 saturated carbocycles. The number of benzene rings is 1. The van der Waals surface area contributed by atoms with Crippen LogP contribution in [0.15, 0.2) is 12.1 Å². The summed E-state index contributed by atoms with van der Waals surface area (Å²) in [6, 6.07) is 2.59. The summed E-state index contributed by atoms with van der Waals surface area (Å²) < 4.78 is 24.7. The summed E-state index contributed by atoms with van der Waals surface area (Å²) in [4.78, 5) is 12.1. The average molecular weight is 415 g/mol. The van der Waals surface area contributed by atoms with E-state index in [1.54, 1.807) is 18.4 Å². The van der Waals surface area contributed by atoms with E-state index in [1.165, 1.54) is 57.1 Å². The molecule has 3 rings (SSSR count). The van der Waals surface area contributed by atoms with Crippen LogP contribution in [0.2, 0.25) is 5.02 Å². The summed E-state index contributed by atoms with van der Waals surface area (Å²) >= 11 is 7.37. The minimum atomic E-state index is -0.620. The van der Waals surface area contributed by atoms with Crippen molar-refractivity contribution in [3.05, 3.63) is 28.5 Å². The predicted octanol–water partition coefficient (Wildman–Crippen LogP) is 5.61. The van der Waals surface area contributed by atoms with Crippen LogP contribution in [-0.4, -0.2) is 30.4 Å². The van der Waals surface area contributed by atoms with Crippen molar-refractivity contribution >= 4 is 29.6 Å². The molecule has 0 saturated heterocycles. The third-order valence-electron chi connectivity index (χ3n) is 5.79. The molecule has 0 bridgehead atoms. The Labute approximate surface area is 170 Å². The van der Waals surface area contributed by atoms with E-state index in [2.05, 4.69) is 4.72 Å². The summed E-state index contributed by atoms with van der Waals surface area (Å²) in [7, 11) is 3.57. The van der Waals surface area contributed by atoms with Crippen LogP contribution in [0.5, 0.6) is 5.75 Å². The van der Waals surface area contributed by atoms with E-state index in [0.29, 0.717) is 11.2 Å². The molecule has 1 N–H and O–H groups in total. The Morgan fingerprint density at radius 1 is 1.22 bits per heavy atom. The Kier molecular flexibility index (Phi) is 6.93. The number of ether oxygens (including phenoxy) is 1. The van der Waals surface area contributed by atoms with Gasteiger partial charge in [-0.25, -0.2) is 8.70 Å². The fourth-order valence-corrected chi connectivity index (χ4v) is 4.87. The Balaban J connectivity index is 1.61. The van der Waals surface area contributed by atoms with E-state index in [1.807, 2.05) is 0 Å². The van der Waals surface area contributed by atoms with Gasteiger partial charge in [-0.15, -0.1) is 0 Å². The van der Waals surface area contributed by atoms with E-state index in [9.17, 15) is 9.18 Å². The molecule has 0 radical (unpaired) electrons. The summed E-state index contributed by atoms with van der Waals surface area (Å²) in [6.07, 6.45) is 11.1. The molecule has 0 atom stereocenters. The summed E-state index contributed by atoms with van der Waals surface area (Å²) in [5.41, 5.74) is 0.436. The molecule has 7 heteroatoms. The third-order valence-corrected chi connectivity index (χ3v) is 6.73. The molecule has 2 fully saturated rings. The maximum absolute atomic E-state index is 14.4. The Bertz CT molecular complexity index is 670. The van der Waals surface area contributed by atoms with E-state index in [-0.39, 0.29) is 16.7 Å². The van der Waals surface area contributed by atoms with Crippen LogP contribution in [-0.2, 0) is 0 Å². The number of amides is 1. The first-order chi connectivity index (χ1) is 12.9. The number of rotatable bonds is 5. The number of hydrogen-bond donors (Lipinski definition) is 1. The predicted molar refractivity (Wildman–Crippen MR) is 109 cm³/mol. The SMILES string of the molecule is CN(C)SNC(=O)c1cc(Cl)c(OC2CCC3(CCCCC3)CC2)cc1F. The molecule has 0 aliphatic heterocycles. The van der Waals surface area contributed by atoms with Crippen molar-refractivity contribution < 1.29 is 13.9 Å². The Hall–Kier alpha value is -0.980. The van der Waals surface area contributed by atoms with Gasteiger partial charge in [0.2, 0.25) is 0 Å². The summed E-state index contributed by atoms with van der Waals surface area (Å²) in [6.45, 7) is 0. The van der Waals surface area contributed by atoms with Gasteiger partial charge in [0.05, 0.1) is 16.7 Å². The van der Waals surface area contributed by atoms with Crippen molar-refractivity contribution in [3.63, 3.8) is 0 Å². The van der Waals surface area contributed by atoms with Crippen LogP contribution < -0.4 is 9.46 Å². The van der Waals surface area contributed by atoms with Crippen LogP contribution in [0.3, 0.4) is 0 Å². The molecule has 1 spiro atoms.